The molecule has 6 heteroatoms. The number of carbonyl (C=O) groups is 2. The second-order valence-electron chi connectivity index (χ2n) is 8.03. The number of carbonyl (C=O) groups excluding carboxylic acids is 2. The van der Waals surface area contributed by atoms with Crippen molar-refractivity contribution in [1.29, 1.82) is 0 Å². The normalized spacial score (nSPS) is 10.6. The van der Waals surface area contributed by atoms with Crippen molar-refractivity contribution < 1.29 is 30.0 Å². The van der Waals surface area contributed by atoms with E-state index >= 15 is 0 Å². The molecular formula is C35H29Cl3O2Pd. The van der Waals surface area contributed by atoms with Gasteiger partial charge in [0.25, 0.3) is 0 Å². The van der Waals surface area contributed by atoms with Crippen molar-refractivity contribution in [1.82, 2.24) is 0 Å². The van der Waals surface area contributed by atoms with E-state index in [1.54, 1.807) is 24.3 Å². The summed E-state index contributed by atoms with van der Waals surface area (Å²) in [4.78, 5) is 23.2. The summed E-state index contributed by atoms with van der Waals surface area (Å²) in [5.41, 5.74) is 4.11. The number of hydrogen-bond donors (Lipinski definition) is 0. The van der Waals surface area contributed by atoms with Crippen LogP contribution in [-0.2, 0) is 30.0 Å². The van der Waals surface area contributed by atoms with Crippen molar-refractivity contribution in [2.45, 2.75) is 4.30 Å². The van der Waals surface area contributed by atoms with Gasteiger partial charge in [0.2, 0.25) is 0 Å². The Hall–Kier alpha value is -3.29. The average molecular weight is 694 g/mol. The third-order valence-corrected chi connectivity index (χ3v) is 4.96. The minimum atomic E-state index is -0.750. The van der Waals surface area contributed by atoms with Gasteiger partial charge in [0.05, 0.1) is 0 Å². The molecule has 0 unspecified atom stereocenters. The second-order valence-corrected chi connectivity index (χ2v) is 10.0. The minimum absolute atomic E-state index is 0. The van der Waals surface area contributed by atoms with Crippen LogP contribution in [0, 0.1) is 0 Å². The van der Waals surface area contributed by atoms with Crippen LogP contribution in [0.25, 0.3) is 24.3 Å². The number of allylic oxidation sites excluding steroid dienone is 4. The molecule has 0 spiro atoms. The molecule has 0 radical (unpaired) electrons. The molecule has 0 aliphatic rings. The van der Waals surface area contributed by atoms with Gasteiger partial charge in [-0.1, -0.05) is 180 Å². The summed E-state index contributed by atoms with van der Waals surface area (Å²) in [6.45, 7) is 0. The van der Waals surface area contributed by atoms with Gasteiger partial charge in [-0.25, -0.2) is 0 Å². The summed E-state index contributed by atoms with van der Waals surface area (Å²) in [5, 5.41) is 0. The topological polar surface area (TPSA) is 34.1 Å². The van der Waals surface area contributed by atoms with Gasteiger partial charge in [0.1, 0.15) is 0 Å². The molecule has 0 amide bonds. The molecule has 4 aromatic rings. The number of rotatable bonds is 8. The fraction of sp³-hybridized carbons (Fsp3) is 0.0286. The summed E-state index contributed by atoms with van der Waals surface area (Å²) < 4.78 is -0.750. The third-order valence-electron chi connectivity index (χ3n) is 4.96. The van der Waals surface area contributed by atoms with Crippen LogP contribution in [0.15, 0.2) is 146 Å². The van der Waals surface area contributed by atoms with E-state index in [-0.39, 0.29) is 32.0 Å². The van der Waals surface area contributed by atoms with Crippen LogP contribution in [0.4, 0.5) is 0 Å². The van der Waals surface area contributed by atoms with Crippen molar-refractivity contribution in [2.75, 3.05) is 0 Å². The Balaban J connectivity index is 0.000000355. The Kier molecular flexibility index (Phi) is 19.5. The molecule has 41 heavy (non-hydrogen) atoms. The SMILES string of the molecule is ClC(Cl)Cl.O=C(/C=C/c1ccccc1)/C=C/c1ccccc1.O=C(/C=C/c1ccccc1)/C=C/c1ccccc1.[Pd]. The third kappa shape index (κ3) is 18.6. The number of halogens is 3. The summed E-state index contributed by atoms with van der Waals surface area (Å²) in [6, 6.07) is 39.1. The summed E-state index contributed by atoms with van der Waals surface area (Å²) in [6.07, 6.45) is 13.6. The minimum Gasteiger partial charge on any atom is -0.290 e. The van der Waals surface area contributed by atoms with Gasteiger partial charge in [0, 0.05) is 20.4 Å². The van der Waals surface area contributed by atoms with E-state index < -0.39 is 4.30 Å². The van der Waals surface area contributed by atoms with Crippen molar-refractivity contribution in [3.63, 3.8) is 0 Å². The molecule has 0 N–H and O–H groups in total. The molecule has 212 valence electrons. The van der Waals surface area contributed by atoms with Gasteiger partial charge in [0.15, 0.2) is 15.9 Å². The first-order chi connectivity index (χ1) is 19.4. The van der Waals surface area contributed by atoms with Crippen LogP contribution < -0.4 is 0 Å². The molecule has 2 nitrogen and oxygen atoms in total. The van der Waals surface area contributed by atoms with Crippen molar-refractivity contribution in [3.8, 4) is 0 Å². The number of alkyl halides is 3. The summed E-state index contributed by atoms with van der Waals surface area (Å²) in [7, 11) is 0. The van der Waals surface area contributed by atoms with Crippen LogP contribution in [0.2, 0.25) is 0 Å². The van der Waals surface area contributed by atoms with Crippen LogP contribution in [0.3, 0.4) is 0 Å². The largest absolute Gasteiger partial charge is 0.290 e. The van der Waals surface area contributed by atoms with E-state index in [0.29, 0.717) is 0 Å². The molecule has 0 saturated carbocycles. The zero-order valence-corrected chi connectivity index (χ0v) is 25.8. The van der Waals surface area contributed by atoms with E-state index in [1.165, 1.54) is 0 Å². The Morgan fingerprint density at radius 3 is 0.756 bits per heavy atom. The van der Waals surface area contributed by atoms with E-state index in [1.807, 2.05) is 146 Å². The predicted octanol–water partition coefficient (Wildman–Crippen LogP) is 9.95. The summed E-state index contributed by atoms with van der Waals surface area (Å²) in [5.74, 6) is -0.0228. The molecule has 0 aliphatic carbocycles. The molecule has 0 fully saturated rings. The van der Waals surface area contributed by atoms with Crippen LogP contribution >= 0.6 is 34.8 Å². The Morgan fingerprint density at radius 2 is 0.585 bits per heavy atom. The van der Waals surface area contributed by atoms with E-state index in [0.717, 1.165) is 22.3 Å². The first kappa shape index (κ1) is 35.7. The zero-order valence-electron chi connectivity index (χ0n) is 22.0. The Labute approximate surface area is 271 Å². The Bertz CT molecular complexity index is 1170. The van der Waals surface area contributed by atoms with Gasteiger partial charge in [-0.15, -0.1) is 0 Å². The van der Waals surface area contributed by atoms with Gasteiger partial charge in [-0.3, -0.25) is 9.59 Å². The average Bonchev–Trinajstić information content (AvgIpc) is 2.99. The predicted molar refractivity (Wildman–Crippen MR) is 173 cm³/mol. The van der Waals surface area contributed by atoms with Crippen LogP contribution in [-0.4, -0.2) is 15.9 Å². The molecule has 4 rings (SSSR count). The maximum absolute atomic E-state index is 11.6. The van der Waals surface area contributed by atoms with Crippen LogP contribution in [0.1, 0.15) is 22.3 Å². The maximum atomic E-state index is 11.6. The number of ketones is 2. The van der Waals surface area contributed by atoms with E-state index in [2.05, 4.69) is 0 Å². The Morgan fingerprint density at radius 1 is 0.415 bits per heavy atom. The van der Waals surface area contributed by atoms with Crippen molar-refractivity contribution in [2.24, 2.45) is 0 Å². The number of hydrogen-bond acceptors (Lipinski definition) is 2. The van der Waals surface area contributed by atoms with E-state index in [4.69, 9.17) is 34.8 Å². The fourth-order valence-corrected chi connectivity index (χ4v) is 3.08. The molecule has 0 bridgehead atoms. The molecule has 0 saturated heterocycles. The molecule has 0 atom stereocenters. The van der Waals surface area contributed by atoms with Gasteiger partial charge < -0.3 is 0 Å². The first-order valence-electron chi connectivity index (χ1n) is 12.3. The molecule has 0 aliphatic heterocycles. The van der Waals surface area contributed by atoms with Crippen LogP contribution in [0.5, 0.6) is 0 Å². The van der Waals surface area contributed by atoms with Crippen molar-refractivity contribution >= 4 is 70.7 Å². The number of benzene rings is 4. The van der Waals surface area contributed by atoms with Gasteiger partial charge >= 0.3 is 0 Å². The van der Waals surface area contributed by atoms with Gasteiger partial charge in [-0.2, -0.15) is 0 Å². The second kappa shape index (κ2) is 22.4. The smallest absolute Gasteiger partial charge is 0.180 e. The maximum Gasteiger partial charge on any atom is 0.180 e. The van der Waals surface area contributed by atoms with Gasteiger partial charge in [-0.05, 0) is 46.6 Å². The monoisotopic (exact) mass is 692 g/mol. The fourth-order valence-electron chi connectivity index (χ4n) is 3.08. The van der Waals surface area contributed by atoms with E-state index in [9.17, 15) is 9.59 Å². The molecule has 0 heterocycles. The van der Waals surface area contributed by atoms with Crippen molar-refractivity contribution in [3.05, 3.63) is 168 Å². The molecule has 0 aromatic heterocycles. The summed E-state index contributed by atoms with van der Waals surface area (Å²) >= 11 is 14.4. The standard InChI is InChI=1S/2C17H14O.CHCl3.Pd/c2*18-17(13-11-15-7-3-1-4-8-15)14-12-16-9-5-2-6-10-16;2-1(3)4;/h2*1-14H;1H;/b2*13-11+,14-12+;;. The first-order valence-corrected chi connectivity index (χ1v) is 13.7. The molecule has 4 aromatic carbocycles. The quantitative estimate of drug-likeness (QED) is 0.105. The molecular weight excluding hydrogens is 665 g/mol. The zero-order chi connectivity index (χ0) is 28.8.